The number of benzene rings is 4. The summed E-state index contributed by atoms with van der Waals surface area (Å²) in [6.07, 6.45) is 0. The maximum atomic E-state index is 9.85. The van der Waals surface area contributed by atoms with E-state index in [1.54, 1.807) is 14.2 Å². The molecule has 0 atom stereocenters. The normalized spacial score (nSPS) is 13.7. The first-order valence-corrected chi connectivity index (χ1v) is 11.7. The van der Waals surface area contributed by atoms with Crippen molar-refractivity contribution in [2.75, 3.05) is 14.2 Å². The summed E-state index contributed by atoms with van der Waals surface area (Å²) in [4.78, 5) is 0. The lowest BCUT2D eigenvalue weighted by Crippen LogP contribution is -2.20. The van der Waals surface area contributed by atoms with Crippen LogP contribution in [0.2, 0.25) is 0 Å². The molecule has 4 aromatic carbocycles. The highest BCUT2D eigenvalue weighted by atomic mass is 16.5. The fourth-order valence-corrected chi connectivity index (χ4v) is 5.08. The van der Waals surface area contributed by atoms with Crippen LogP contribution in [0.25, 0.3) is 11.1 Å². The fourth-order valence-electron chi connectivity index (χ4n) is 5.08. The van der Waals surface area contributed by atoms with Gasteiger partial charge in [-0.05, 0) is 68.8 Å². The number of fused-ring (bicyclic) bond motifs is 2. The second kappa shape index (κ2) is 9.82. The third-order valence-electron chi connectivity index (χ3n) is 6.75. The SMILES string of the molecule is COc1ccc(C(=C2c3ccccc3C(C(C#N)C#N)c3ccccc32)c2ccc(OC)cc2)cc1. The van der Waals surface area contributed by atoms with E-state index in [0.717, 1.165) is 56.0 Å². The lowest BCUT2D eigenvalue weighted by atomic mass is 9.69. The Bertz CT molecular complexity index is 1410. The van der Waals surface area contributed by atoms with Crippen molar-refractivity contribution in [3.8, 4) is 23.6 Å². The van der Waals surface area contributed by atoms with Crippen molar-refractivity contribution in [3.05, 3.63) is 130 Å². The van der Waals surface area contributed by atoms with Crippen LogP contribution >= 0.6 is 0 Å². The quantitative estimate of drug-likeness (QED) is 0.322. The molecule has 0 amide bonds. The molecule has 0 aromatic heterocycles. The van der Waals surface area contributed by atoms with Gasteiger partial charge >= 0.3 is 0 Å². The predicted octanol–water partition coefficient (Wildman–Crippen LogP) is 6.82. The van der Waals surface area contributed by atoms with Crippen LogP contribution in [0.3, 0.4) is 0 Å². The minimum Gasteiger partial charge on any atom is -0.497 e. The first kappa shape index (κ1) is 23.0. The number of nitrogens with zero attached hydrogens (tertiary/aromatic N) is 2. The van der Waals surface area contributed by atoms with Gasteiger partial charge in [-0.15, -0.1) is 0 Å². The summed E-state index contributed by atoms with van der Waals surface area (Å²) >= 11 is 0. The van der Waals surface area contributed by atoms with E-state index in [1.165, 1.54) is 0 Å². The first-order chi connectivity index (χ1) is 17.7. The van der Waals surface area contributed by atoms with Crippen LogP contribution in [-0.4, -0.2) is 14.2 Å². The average molecular weight is 469 g/mol. The van der Waals surface area contributed by atoms with Crippen LogP contribution in [0.4, 0.5) is 0 Å². The van der Waals surface area contributed by atoms with Crippen LogP contribution in [-0.2, 0) is 0 Å². The summed E-state index contributed by atoms with van der Waals surface area (Å²) in [5.41, 5.74) is 8.23. The zero-order valence-corrected chi connectivity index (χ0v) is 20.1. The highest BCUT2D eigenvalue weighted by Crippen LogP contribution is 2.49. The number of hydrogen-bond donors (Lipinski definition) is 0. The average Bonchev–Trinajstić information content (AvgIpc) is 2.95. The zero-order chi connectivity index (χ0) is 25.1. The van der Waals surface area contributed by atoms with Crippen LogP contribution in [0.5, 0.6) is 11.5 Å². The summed E-state index contributed by atoms with van der Waals surface area (Å²) in [7, 11) is 3.32. The van der Waals surface area contributed by atoms with Crippen LogP contribution in [0.15, 0.2) is 97.1 Å². The summed E-state index contributed by atoms with van der Waals surface area (Å²) in [5, 5.41) is 19.7. The first-order valence-electron chi connectivity index (χ1n) is 11.7. The van der Waals surface area contributed by atoms with Gasteiger partial charge in [0.1, 0.15) is 17.4 Å². The van der Waals surface area contributed by atoms with Crippen molar-refractivity contribution in [1.82, 2.24) is 0 Å². The molecule has 174 valence electrons. The van der Waals surface area contributed by atoms with E-state index in [2.05, 4.69) is 48.5 Å². The molecule has 4 nitrogen and oxygen atoms in total. The number of ether oxygens (including phenoxy) is 2. The zero-order valence-electron chi connectivity index (χ0n) is 20.1. The van der Waals surface area contributed by atoms with Gasteiger partial charge in [0.25, 0.3) is 0 Å². The van der Waals surface area contributed by atoms with E-state index in [0.29, 0.717) is 0 Å². The molecule has 0 N–H and O–H groups in total. The maximum Gasteiger partial charge on any atom is 0.144 e. The predicted molar refractivity (Wildman–Crippen MR) is 140 cm³/mol. The Labute approximate surface area is 211 Å². The molecule has 1 aliphatic rings. The van der Waals surface area contributed by atoms with Gasteiger partial charge in [0.2, 0.25) is 0 Å². The molecular weight excluding hydrogens is 444 g/mol. The number of hydrogen-bond acceptors (Lipinski definition) is 4. The van der Waals surface area contributed by atoms with E-state index in [1.807, 2.05) is 60.7 Å². The number of methoxy groups -OCH3 is 2. The van der Waals surface area contributed by atoms with Crippen molar-refractivity contribution in [3.63, 3.8) is 0 Å². The molecule has 0 unspecified atom stereocenters. The Morgan fingerprint density at radius 1 is 0.639 bits per heavy atom. The van der Waals surface area contributed by atoms with E-state index in [4.69, 9.17) is 9.47 Å². The molecule has 0 spiro atoms. The molecule has 0 heterocycles. The molecule has 5 rings (SSSR count). The highest BCUT2D eigenvalue weighted by molar-refractivity contribution is 6.07. The van der Waals surface area contributed by atoms with Crippen molar-refractivity contribution in [2.24, 2.45) is 5.92 Å². The Hall–Kier alpha value is -4.80. The lowest BCUT2D eigenvalue weighted by Gasteiger charge is -2.32. The fraction of sp³-hybridized carbons (Fsp3) is 0.125. The summed E-state index contributed by atoms with van der Waals surface area (Å²) < 4.78 is 10.8. The van der Waals surface area contributed by atoms with Gasteiger partial charge in [-0.25, -0.2) is 0 Å². The topological polar surface area (TPSA) is 66.0 Å². The smallest absolute Gasteiger partial charge is 0.144 e. The minimum atomic E-state index is -0.792. The molecule has 0 saturated carbocycles. The van der Waals surface area contributed by atoms with Crippen molar-refractivity contribution >= 4 is 11.1 Å². The van der Waals surface area contributed by atoms with Gasteiger partial charge in [-0.1, -0.05) is 72.8 Å². The van der Waals surface area contributed by atoms with Crippen LogP contribution < -0.4 is 9.47 Å². The Morgan fingerprint density at radius 3 is 1.44 bits per heavy atom. The molecule has 4 heteroatoms. The maximum absolute atomic E-state index is 9.85. The van der Waals surface area contributed by atoms with E-state index in [-0.39, 0.29) is 5.92 Å². The standard InChI is InChI=1S/C32H24N2O2/c1-35-24-15-11-21(12-16-24)30(22-13-17-25(36-2)18-14-22)32-28-9-5-3-7-26(28)31(23(19-33)20-34)27-8-4-6-10-29(27)32/h3-18,23,31H,1-2H3. The Kier molecular flexibility index (Phi) is 6.27. The number of rotatable bonds is 5. The summed E-state index contributed by atoms with van der Waals surface area (Å²) in [5.74, 6) is 0.449. The van der Waals surface area contributed by atoms with Crippen LogP contribution in [0.1, 0.15) is 39.3 Å². The molecular formula is C32H24N2O2. The monoisotopic (exact) mass is 468 g/mol. The summed E-state index contributed by atoms with van der Waals surface area (Å²) in [6.45, 7) is 0. The summed E-state index contributed by atoms with van der Waals surface area (Å²) in [6, 6.07) is 36.8. The highest BCUT2D eigenvalue weighted by Gasteiger charge is 2.35. The molecule has 0 bridgehead atoms. The van der Waals surface area contributed by atoms with Gasteiger partial charge in [-0.2, -0.15) is 10.5 Å². The van der Waals surface area contributed by atoms with E-state index < -0.39 is 5.92 Å². The van der Waals surface area contributed by atoms with E-state index in [9.17, 15) is 10.5 Å². The molecule has 0 aliphatic heterocycles. The molecule has 0 radical (unpaired) electrons. The van der Waals surface area contributed by atoms with Crippen molar-refractivity contribution in [1.29, 1.82) is 10.5 Å². The molecule has 36 heavy (non-hydrogen) atoms. The molecule has 4 aromatic rings. The number of nitriles is 2. The third-order valence-corrected chi connectivity index (χ3v) is 6.75. The van der Waals surface area contributed by atoms with Crippen molar-refractivity contribution < 1.29 is 9.47 Å². The second-order valence-corrected chi connectivity index (χ2v) is 8.60. The Balaban J connectivity index is 1.89. The minimum absolute atomic E-state index is 0.330. The van der Waals surface area contributed by atoms with Crippen LogP contribution in [0, 0.1) is 28.6 Å². The molecule has 0 fully saturated rings. The largest absolute Gasteiger partial charge is 0.497 e. The third kappa shape index (κ3) is 3.90. The Morgan fingerprint density at radius 2 is 1.06 bits per heavy atom. The van der Waals surface area contributed by atoms with Gasteiger partial charge in [0.05, 0.1) is 26.4 Å². The van der Waals surface area contributed by atoms with Gasteiger partial charge in [0, 0.05) is 5.92 Å². The second-order valence-electron chi connectivity index (χ2n) is 8.60. The molecule has 0 saturated heterocycles. The van der Waals surface area contributed by atoms with Crippen molar-refractivity contribution in [2.45, 2.75) is 5.92 Å². The van der Waals surface area contributed by atoms with E-state index >= 15 is 0 Å². The van der Waals surface area contributed by atoms with Gasteiger partial charge in [0.15, 0.2) is 0 Å². The lowest BCUT2D eigenvalue weighted by molar-refractivity contribution is 0.414. The van der Waals surface area contributed by atoms with Gasteiger partial charge in [-0.3, -0.25) is 0 Å². The molecule has 1 aliphatic carbocycles. The van der Waals surface area contributed by atoms with Gasteiger partial charge < -0.3 is 9.47 Å².